The summed E-state index contributed by atoms with van der Waals surface area (Å²) in [6, 6.07) is 5.25. The van der Waals surface area contributed by atoms with E-state index >= 15 is 0 Å². The SMILES string of the molecule is CC(C)Cn1c(-c2ccc(Br)cc2Cl)nnc1S(=O)(=O)Cl. The van der Waals surface area contributed by atoms with Crippen molar-refractivity contribution in [2.75, 3.05) is 0 Å². The van der Waals surface area contributed by atoms with Crippen LogP contribution in [0.2, 0.25) is 5.02 Å². The average Bonchev–Trinajstić information content (AvgIpc) is 2.71. The summed E-state index contributed by atoms with van der Waals surface area (Å²) < 4.78 is 25.5. The Bertz CT molecular complexity index is 775. The predicted molar refractivity (Wildman–Crippen MR) is 86.0 cm³/mol. The van der Waals surface area contributed by atoms with Gasteiger partial charge in [-0.05, 0) is 24.1 Å². The first-order chi connectivity index (χ1) is 9.70. The van der Waals surface area contributed by atoms with Crippen LogP contribution in [0.25, 0.3) is 11.4 Å². The van der Waals surface area contributed by atoms with Crippen molar-refractivity contribution in [1.82, 2.24) is 14.8 Å². The van der Waals surface area contributed by atoms with E-state index in [0.29, 0.717) is 23.0 Å². The first kappa shape index (κ1) is 16.7. The number of hydrogen-bond acceptors (Lipinski definition) is 4. The minimum Gasteiger partial charge on any atom is -0.297 e. The molecule has 9 heteroatoms. The van der Waals surface area contributed by atoms with Crippen molar-refractivity contribution in [3.63, 3.8) is 0 Å². The Kier molecular flexibility index (Phi) is 4.97. The molecule has 0 amide bonds. The van der Waals surface area contributed by atoms with Gasteiger partial charge < -0.3 is 0 Å². The van der Waals surface area contributed by atoms with E-state index in [1.54, 1.807) is 18.2 Å². The molecule has 0 atom stereocenters. The maximum atomic E-state index is 11.6. The molecule has 0 radical (unpaired) electrons. The zero-order valence-electron chi connectivity index (χ0n) is 11.2. The monoisotopic (exact) mass is 411 g/mol. The molecule has 1 aromatic carbocycles. The van der Waals surface area contributed by atoms with Crippen LogP contribution in [-0.4, -0.2) is 23.2 Å². The summed E-state index contributed by atoms with van der Waals surface area (Å²) in [7, 11) is 1.44. The maximum absolute atomic E-state index is 11.6. The van der Waals surface area contributed by atoms with E-state index < -0.39 is 9.05 Å². The third kappa shape index (κ3) is 3.77. The van der Waals surface area contributed by atoms with E-state index in [4.69, 9.17) is 22.3 Å². The molecule has 0 fully saturated rings. The third-order valence-electron chi connectivity index (χ3n) is 2.65. The molecule has 0 saturated heterocycles. The second-order valence-corrected chi connectivity index (χ2v) is 8.66. The lowest BCUT2D eigenvalue weighted by atomic mass is 10.2. The normalized spacial score (nSPS) is 12.1. The highest BCUT2D eigenvalue weighted by molar-refractivity contribution is 9.10. The fraction of sp³-hybridized carbons (Fsp3) is 0.333. The Morgan fingerprint density at radius 3 is 2.52 bits per heavy atom. The van der Waals surface area contributed by atoms with Crippen molar-refractivity contribution in [2.24, 2.45) is 5.92 Å². The summed E-state index contributed by atoms with van der Waals surface area (Å²) in [5, 5.41) is 7.82. The van der Waals surface area contributed by atoms with E-state index in [1.807, 2.05) is 13.8 Å². The van der Waals surface area contributed by atoms with E-state index in [-0.39, 0.29) is 11.1 Å². The molecule has 1 aromatic heterocycles. The molecule has 0 aliphatic heterocycles. The molecule has 0 N–H and O–H groups in total. The molecular formula is C12H12BrCl2N3O2S. The van der Waals surface area contributed by atoms with Gasteiger partial charge in [-0.1, -0.05) is 41.4 Å². The van der Waals surface area contributed by atoms with Gasteiger partial charge in [-0.25, -0.2) is 8.42 Å². The molecule has 2 aromatic rings. The molecular weight excluding hydrogens is 401 g/mol. The van der Waals surface area contributed by atoms with Crippen LogP contribution in [-0.2, 0) is 15.6 Å². The second-order valence-electron chi connectivity index (χ2n) is 4.87. The molecule has 0 aliphatic rings. The van der Waals surface area contributed by atoms with Crippen LogP contribution in [0, 0.1) is 5.92 Å². The molecule has 0 saturated carbocycles. The van der Waals surface area contributed by atoms with Crippen molar-refractivity contribution in [3.05, 3.63) is 27.7 Å². The Morgan fingerprint density at radius 1 is 1.33 bits per heavy atom. The smallest absolute Gasteiger partial charge is 0.296 e. The maximum Gasteiger partial charge on any atom is 0.296 e. The second kappa shape index (κ2) is 6.24. The van der Waals surface area contributed by atoms with E-state index in [2.05, 4.69) is 26.1 Å². The van der Waals surface area contributed by atoms with Gasteiger partial charge in [-0.3, -0.25) is 4.57 Å². The Morgan fingerprint density at radius 2 is 2.00 bits per heavy atom. The van der Waals surface area contributed by atoms with E-state index in [1.165, 1.54) is 4.57 Å². The summed E-state index contributed by atoms with van der Waals surface area (Å²) in [5.41, 5.74) is 0.597. The average molecular weight is 413 g/mol. The first-order valence-electron chi connectivity index (χ1n) is 6.03. The summed E-state index contributed by atoms with van der Waals surface area (Å²) >= 11 is 9.52. The molecule has 114 valence electrons. The van der Waals surface area contributed by atoms with Crippen molar-refractivity contribution in [1.29, 1.82) is 0 Å². The largest absolute Gasteiger partial charge is 0.297 e. The third-order valence-corrected chi connectivity index (χ3v) is 4.61. The summed E-state index contributed by atoms with van der Waals surface area (Å²) in [6.45, 7) is 4.32. The zero-order chi connectivity index (χ0) is 15.8. The Hall–Kier alpha value is -0.630. The molecule has 0 unspecified atom stereocenters. The molecule has 1 heterocycles. The van der Waals surface area contributed by atoms with Crippen molar-refractivity contribution in [3.8, 4) is 11.4 Å². The lowest BCUT2D eigenvalue weighted by Crippen LogP contribution is -2.12. The summed E-state index contributed by atoms with van der Waals surface area (Å²) in [4.78, 5) is 0. The molecule has 0 aliphatic carbocycles. The fourth-order valence-corrected chi connectivity index (χ4v) is 3.53. The molecule has 2 rings (SSSR count). The number of hydrogen-bond donors (Lipinski definition) is 0. The van der Waals surface area contributed by atoms with Crippen LogP contribution in [0.15, 0.2) is 27.8 Å². The van der Waals surface area contributed by atoms with Crippen molar-refractivity contribution >= 4 is 47.3 Å². The Labute approximate surface area is 140 Å². The van der Waals surface area contributed by atoms with Gasteiger partial charge in [0.15, 0.2) is 5.82 Å². The van der Waals surface area contributed by atoms with Crippen LogP contribution in [0.4, 0.5) is 0 Å². The summed E-state index contributed by atoms with van der Waals surface area (Å²) in [6.07, 6.45) is 0. The van der Waals surface area contributed by atoms with Crippen molar-refractivity contribution < 1.29 is 8.42 Å². The number of halogens is 3. The van der Waals surface area contributed by atoms with Gasteiger partial charge >= 0.3 is 0 Å². The van der Waals surface area contributed by atoms with Gasteiger partial charge in [0.1, 0.15) is 0 Å². The van der Waals surface area contributed by atoms with Gasteiger partial charge in [0.2, 0.25) is 0 Å². The molecule has 0 spiro atoms. The standard InChI is InChI=1S/C12H12BrCl2N3O2S/c1-7(2)6-18-11(16-17-12(18)21(15,19)20)9-4-3-8(13)5-10(9)14/h3-5,7H,6H2,1-2H3. The molecule has 21 heavy (non-hydrogen) atoms. The van der Waals surface area contributed by atoms with Crippen LogP contribution in [0.3, 0.4) is 0 Å². The van der Waals surface area contributed by atoms with Crippen LogP contribution >= 0.6 is 38.2 Å². The highest BCUT2D eigenvalue weighted by atomic mass is 79.9. The zero-order valence-corrected chi connectivity index (χ0v) is 15.1. The minimum absolute atomic E-state index is 0.186. The number of benzene rings is 1. The van der Waals surface area contributed by atoms with Gasteiger partial charge in [-0.15, -0.1) is 10.2 Å². The van der Waals surface area contributed by atoms with Crippen LogP contribution in [0.1, 0.15) is 13.8 Å². The quantitative estimate of drug-likeness (QED) is 0.713. The van der Waals surface area contributed by atoms with E-state index in [0.717, 1.165) is 4.47 Å². The lowest BCUT2D eigenvalue weighted by molar-refractivity contribution is 0.488. The topological polar surface area (TPSA) is 64.8 Å². The van der Waals surface area contributed by atoms with Gasteiger partial charge in [0.25, 0.3) is 14.2 Å². The van der Waals surface area contributed by atoms with Gasteiger partial charge in [-0.2, -0.15) is 0 Å². The molecule has 5 nitrogen and oxygen atoms in total. The molecule has 0 bridgehead atoms. The van der Waals surface area contributed by atoms with Gasteiger partial charge in [0, 0.05) is 27.3 Å². The van der Waals surface area contributed by atoms with Crippen LogP contribution < -0.4 is 0 Å². The van der Waals surface area contributed by atoms with Crippen molar-refractivity contribution in [2.45, 2.75) is 25.5 Å². The van der Waals surface area contributed by atoms with Crippen LogP contribution in [0.5, 0.6) is 0 Å². The highest BCUT2D eigenvalue weighted by Crippen LogP contribution is 2.31. The van der Waals surface area contributed by atoms with Gasteiger partial charge in [0.05, 0.1) is 5.02 Å². The first-order valence-corrected chi connectivity index (χ1v) is 9.51. The van der Waals surface area contributed by atoms with E-state index in [9.17, 15) is 8.42 Å². The minimum atomic E-state index is -3.98. The fourth-order valence-electron chi connectivity index (χ4n) is 1.87. The predicted octanol–water partition coefficient (Wildman–Crippen LogP) is 3.94. The lowest BCUT2D eigenvalue weighted by Gasteiger charge is -2.12. The summed E-state index contributed by atoms with van der Waals surface area (Å²) in [5.74, 6) is 0.562. The number of rotatable bonds is 4. The number of aromatic nitrogens is 3. The Balaban J connectivity index is 2.66. The number of nitrogens with zero attached hydrogens (tertiary/aromatic N) is 3. The highest BCUT2D eigenvalue weighted by Gasteiger charge is 2.24.